The number of carboxylic acid groups (broad SMARTS) is 1. The summed E-state index contributed by atoms with van der Waals surface area (Å²) in [4.78, 5) is 80.3. The van der Waals surface area contributed by atoms with E-state index in [2.05, 4.69) is 38.9 Å². The van der Waals surface area contributed by atoms with Gasteiger partial charge in [-0.2, -0.15) is 26.3 Å². The number of hydrogen-bond acceptors (Lipinski definition) is 10. The van der Waals surface area contributed by atoms with E-state index in [0.29, 0.717) is 31.7 Å². The van der Waals surface area contributed by atoms with E-state index in [9.17, 15) is 50.3 Å². The van der Waals surface area contributed by atoms with Gasteiger partial charge >= 0.3 is 30.5 Å². The van der Waals surface area contributed by atoms with Crippen LogP contribution in [0.25, 0.3) is 0 Å². The van der Waals surface area contributed by atoms with Gasteiger partial charge in [0, 0.05) is 63.9 Å². The molecule has 0 unspecified atom stereocenters. The van der Waals surface area contributed by atoms with Gasteiger partial charge in [0.1, 0.15) is 11.2 Å². The summed E-state index contributed by atoms with van der Waals surface area (Å²) >= 11 is 4.71. The Kier molecular flexibility index (Phi) is 28.6. The van der Waals surface area contributed by atoms with Crippen molar-refractivity contribution in [3.05, 3.63) is 38.0 Å². The molecule has 0 spiro atoms. The van der Waals surface area contributed by atoms with Crippen molar-refractivity contribution >= 4 is 53.1 Å². The van der Waals surface area contributed by atoms with Gasteiger partial charge in [-0.3, -0.25) is 19.2 Å². The molecule has 0 aromatic heterocycles. The molecule has 3 rings (SSSR count). The summed E-state index contributed by atoms with van der Waals surface area (Å²) < 4.78 is 73.7. The van der Waals surface area contributed by atoms with Crippen LogP contribution in [0.4, 0.5) is 35.9 Å². The van der Waals surface area contributed by atoms with Crippen LogP contribution >= 0.6 is 11.6 Å². The van der Waals surface area contributed by atoms with Crippen LogP contribution in [0.1, 0.15) is 81.6 Å². The molecule has 0 aromatic rings. The molecule has 4 amide bonds. The van der Waals surface area contributed by atoms with Crippen molar-refractivity contribution in [3.8, 4) is 0 Å². The molecule has 15 nitrogen and oxygen atoms in total. The number of aliphatic carboxylic acids is 1. The maximum absolute atomic E-state index is 12.0. The minimum atomic E-state index is -5.08. The number of likely N-dealkylation sites (tertiary alicyclic amines) is 1. The maximum atomic E-state index is 12.0. The molecule has 0 radical (unpaired) electrons. The molecule has 3 aliphatic rings. The predicted molar refractivity (Wildman–Crippen MR) is 217 cm³/mol. The van der Waals surface area contributed by atoms with E-state index in [-0.39, 0.29) is 35.6 Å². The molecule has 0 bridgehead atoms. The topological polar surface area (TPSA) is 183 Å². The second-order valence-electron chi connectivity index (χ2n) is 15.3. The molecular weight excluding hydrogens is 848 g/mol. The number of rotatable bonds is 3. The number of aldehydes is 1. The van der Waals surface area contributed by atoms with Crippen LogP contribution in [0.3, 0.4) is 0 Å². The van der Waals surface area contributed by atoms with Gasteiger partial charge < -0.3 is 39.5 Å². The molecule has 3 atom stereocenters. The Morgan fingerprint density at radius 1 is 0.689 bits per heavy atom. The van der Waals surface area contributed by atoms with E-state index in [4.69, 9.17) is 35.8 Å². The first-order valence-electron chi connectivity index (χ1n) is 18.9. The van der Waals surface area contributed by atoms with E-state index in [1.54, 1.807) is 9.80 Å². The number of carboxylic acids is 1. The number of alkyl halides is 6. The maximum Gasteiger partial charge on any atom is 0.490 e. The van der Waals surface area contributed by atoms with Gasteiger partial charge in [-0.25, -0.2) is 14.4 Å². The Labute approximate surface area is 359 Å². The molecule has 0 saturated carbocycles. The van der Waals surface area contributed by atoms with E-state index in [1.807, 2.05) is 58.3 Å². The number of allylic oxidation sites excluding steroid dienone is 1. The molecule has 3 saturated heterocycles. The lowest BCUT2D eigenvalue weighted by molar-refractivity contribution is -0.192. The zero-order valence-electron chi connectivity index (χ0n) is 36.3. The summed E-state index contributed by atoms with van der Waals surface area (Å²) in [6, 6.07) is 0.698. The van der Waals surface area contributed by atoms with Crippen molar-refractivity contribution < 1.29 is 74.5 Å². The Morgan fingerprint density at radius 2 is 1.08 bits per heavy atom. The molecular formula is C39H62ClF6N5O10. The smallest absolute Gasteiger partial charge is 0.475 e. The molecule has 0 aliphatic carbocycles. The zero-order chi connectivity index (χ0) is 48.5. The second-order valence-corrected chi connectivity index (χ2v) is 15.7. The summed E-state index contributed by atoms with van der Waals surface area (Å²) in [7, 11) is 0. The number of halogens is 7. The third-order valence-corrected chi connectivity index (χ3v) is 7.72. The Morgan fingerprint density at radius 3 is 1.38 bits per heavy atom. The van der Waals surface area contributed by atoms with Crippen molar-refractivity contribution in [2.75, 3.05) is 45.8 Å². The Balaban J connectivity index is -0.000000702. The number of hydrogen-bond donors (Lipinski definition) is 2. The van der Waals surface area contributed by atoms with Crippen LogP contribution in [0, 0.1) is 0 Å². The molecule has 0 aromatic carbocycles. The Hall–Kier alpha value is -4.66. The minimum Gasteiger partial charge on any atom is -0.475 e. The van der Waals surface area contributed by atoms with E-state index >= 15 is 0 Å². The SMILES string of the molecule is C=CC(=O)Cl.C=CC(=O)N1CCN(C(=O)OC(C)(C)C)[C@@H](C)C1.C=CC(=O)N1CCN[C@@H](C)C1.C[C@H]1CCCCN1C(=O)OC(C)(C)C.O=C(O)C(F)(F)F.O=CC(F)(F)F. The highest BCUT2D eigenvalue weighted by Crippen LogP contribution is 2.20. The molecule has 3 heterocycles. The fourth-order valence-electron chi connectivity index (χ4n) is 4.83. The number of nitrogens with one attached hydrogen (secondary N) is 1. The van der Waals surface area contributed by atoms with Crippen molar-refractivity contribution in [1.29, 1.82) is 0 Å². The lowest BCUT2D eigenvalue weighted by atomic mass is 10.0. The number of ether oxygens (including phenoxy) is 2. The fourth-order valence-corrected chi connectivity index (χ4v) is 4.83. The standard InChI is InChI=1S/C13H22N2O3.C11H21NO2.C8H14N2O.C3H3ClO.C2HF3O2.C2HF3O/c1-6-11(16)14-7-8-15(10(2)9-14)12(17)18-13(3,4)5;1-9-7-5-6-8-12(9)10(13)14-11(2,3)4;1-3-8(11)10-5-4-9-7(2)6-10;1-2-3(4)5;3-2(4,5)1(6)7;3-2(4,5)1-6/h6,10H,1,7-9H2,2-5H3;9H,5-8H2,1-4H3;3,7,9H,1,4-6H2,2H3;2H,1H2;(H,6,7);1H/t10-;9-;7-;;;/m000.../s1. The van der Waals surface area contributed by atoms with Gasteiger partial charge in [-0.1, -0.05) is 19.7 Å². The normalized spacial score (nSPS) is 18.9. The fraction of sp³-hybridized carbons (Fsp3) is 0.667. The zero-order valence-corrected chi connectivity index (χ0v) is 37.0. The van der Waals surface area contributed by atoms with Gasteiger partial charge in [0.15, 0.2) is 0 Å². The monoisotopic (exact) mass is 909 g/mol. The summed E-state index contributed by atoms with van der Waals surface area (Å²) in [5.41, 5.74) is -0.876. The van der Waals surface area contributed by atoms with Crippen LogP contribution < -0.4 is 5.32 Å². The molecule has 352 valence electrons. The summed E-state index contributed by atoms with van der Waals surface area (Å²) in [6.07, 6.45) is -4.13. The van der Waals surface area contributed by atoms with Crippen LogP contribution in [0.5, 0.6) is 0 Å². The lowest BCUT2D eigenvalue weighted by Crippen LogP contribution is -2.56. The third-order valence-electron chi connectivity index (χ3n) is 7.56. The average Bonchev–Trinajstić information content (AvgIpc) is 3.13. The molecule has 3 aliphatic heterocycles. The summed E-state index contributed by atoms with van der Waals surface area (Å²) in [5, 5.41) is 9.88. The number of carbonyl (C=O) groups is 7. The lowest BCUT2D eigenvalue weighted by Gasteiger charge is -2.39. The van der Waals surface area contributed by atoms with Crippen LogP contribution in [-0.2, 0) is 33.4 Å². The van der Waals surface area contributed by atoms with Crippen LogP contribution in [0.15, 0.2) is 38.0 Å². The van der Waals surface area contributed by atoms with Gasteiger partial charge in [0.2, 0.25) is 23.3 Å². The summed E-state index contributed by atoms with van der Waals surface area (Å²) in [5.74, 6) is -2.81. The molecule has 61 heavy (non-hydrogen) atoms. The van der Waals surface area contributed by atoms with Crippen molar-refractivity contribution in [2.24, 2.45) is 0 Å². The second kappa shape index (κ2) is 28.8. The van der Waals surface area contributed by atoms with Crippen LogP contribution in [-0.4, -0.2) is 154 Å². The van der Waals surface area contributed by atoms with E-state index < -0.39 is 35.5 Å². The van der Waals surface area contributed by atoms with Gasteiger partial charge in [0.05, 0.1) is 0 Å². The Bertz CT molecular complexity index is 1450. The number of piperazine rings is 2. The van der Waals surface area contributed by atoms with Gasteiger partial charge in [-0.05, 0) is 111 Å². The van der Waals surface area contributed by atoms with Crippen molar-refractivity contribution in [2.45, 2.75) is 123 Å². The number of carbonyl (C=O) groups excluding carboxylic acids is 6. The quantitative estimate of drug-likeness (QED) is 0.132. The van der Waals surface area contributed by atoms with Crippen LogP contribution in [0.2, 0.25) is 0 Å². The van der Waals surface area contributed by atoms with Crippen molar-refractivity contribution in [3.63, 3.8) is 0 Å². The molecule has 22 heteroatoms. The van der Waals surface area contributed by atoms with Gasteiger partial charge in [-0.15, -0.1) is 0 Å². The first-order valence-corrected chi connectivity index (χ1v) is 19.2. The third kappa shape index (κ3) is 31.8. The number of piperidine rings is 1. The van der Waals surface area contributed by atoms with E-state index in [0.717, 1.165) is 45.1 Å². The van der Waals surface area contributed by atoms with Gasteiger partial charge in [0.25, 0.3) is 0 Å². The molecule has 3 fully saturated rings. The number of amides is 4. The minimum absolute atomic E-state index is 0.0401. The number of nitrogens with zero attached hydrogens (tertiary/aromatic N) is 4. The highest BCUT2D eigenvalue weighted by atomic mass is 35.5. The van der Waals surface area contributed by atoms with Crippen molar-refractivity contribution in [1.82, 2.24) is 24.9 Å². The first kappa shape index (κ1) is 60.6. The predicted octanol–water partition coefficient (Wildman–Crippen LogP) is 6.75. The van der Waals surface area contributed by atoms with E-state index in [1.165, 1.54) is 18.6 Å². The highest BCUT2D eigenvalue weighted by molar-refractivity contribution is 6.66. The highest BCUT2D eigenvalue weighted by Gasteiger charge is 2.38. The first-order chi connectivity index (χ1) is 27.7. The average molecular weight is 910 g/mol. The molecule has 2 N–H and O–H groups in total. The largest absolute Gasteiger partial charge is 0.490 e. The summed E-state index contributed by atoms with van der Waals surface area (Å²) in [6.45, 7) is 32.2.